The summed E-state index contributed by atoms with van der Waals surface area (Å²) in [6.07, 6.45) is -4.45. The van der Waals surface area contributed by atoms with Gasteiger partial charge in [-0.2, -0.15) is 13.2 Å². The maximum Gasteiger partial charge on any atom is 0.410 e. The van der Waals surface area contributed by atoms with Gasteiger partial charge in [0.05, 0.1) is 5.92 Å². The van der Waals surface area contributed by atoms with E-state index in [1.165, 1.54) is 0 Å². The number of likely N-dealkylation sites (tertiary alicyclic amines) is 1. The lowest BCUT2D eigenvalue weighted by atomic mass is 9.98. The second-order valence-electron chi connectivity index (χ2n) is 5.31. The molecule has 0 aromatic heterocycles. The molecule has 100 valence electrons. The molecule has 0 aliphatic carbocycles. The van der Waals surface area contributed by atoms with Crippen molar-refractivity contribution < 1.29 is 22.7 Å². The van der Waals surface area contributed by atoms with Crippen molar-refractivity contribution in [3.63, 3.8) is 0 Å². The molecule has 0 aromatic rings. The Bertz CT molecular complexity index is 283. The van der Waals surface area contributed by atoms with E-state index in [0.717, 1.165) is 4.90 Å². The van der Waals surface area contributed by atoms with Crippen molar-refractivity contribution in [1.82, 2.24) is 4.90 Å². The SMILES string of the molecule is CC(C)(C)OC(=O)N1CCC[C@H](C(F)(F)F)C1. The molecule has 0 spiro atoms. The Hall–Kier alpha value is -0.940. The molecule has 17 heavy (non-hydrogen) atoms. The van der Waals surface area contributed by atoms with Crippen LogP contribution in [0.1, 0.15) is 33.6 Å². The van der Waals surface area contributed by atoms with Gasteiger partial charge in [-0.05, 0) is 33.6 Å². The number of hydrogen-bond donors (Lipinski definition) is 0. The van der Waals surface area contributed by atoms with Gasteiger partial charge in [-0.3, -0.25) is 0 Å². The Labute approximate surface area is 98.9 Å². The monoisotopic (exact) mass is 253 g/mol. The van der Waals surface area contributed by atoms with E-state index < -0.39 is 23.8 Å². The molecule has 1 fully saturated rings. The second kappa shape index (κ2) is 4.74. The molecule has 1 amide bonds. The van der Waals surface area contributed by atoms with Crippen LogP contribution in [0.4, 0.5) is 18.0 Å². The Balaban J connectivity index is 2.58. The largest absolute Gasteiger partial charge is 0.444 e. The molecular weight excluding hydrogens is 235 g/mol. The molecule has 1 rings (SSSR count). The molecule has 0 radical (unpaired) electrons. The van der Waals surface area contributed by atoms with E-state index in [9.17, 15) is 18.0 Å². The summed E-state index contributed by atoms with van der Waals surface area (Å²) in [5.41, 5.74) is -0.678. The molecule has 1 heterocycles. The topological polar surface area (TPSA) is 29.5 Å². The maximum atomic E-state index is 12.5. The average Bonchev–Trinajstić information content (AvgIpc) is 2.14. The maximum absolute atomic E-state index is 12.5. The van der Waals surface area contributed by atoms with Gasteiger partial charge in [0, 0.05) is 13.1 Å². The standard InChI is InChI=1S/C11H18F3NO2/c1-10(2,3)17-9(16)15-6-4-5-8(7-15)11(12,13)14/h8H,4-7H2,1-3H3/t8-/m0/s1. The number of amides is 1. The molecule has 0 bridgehead atoms. The van der Waals surface area contributed by atoms with Gasteiger partial charge < -0.3 is 9.64 Å². The first-order valence-electron chi connectivity index (χ1n) is 5.64. The molecule has 1 aliphatic heterocycles. The van der Waals surface area contributed by atoms with Crippen LogP contribution in [0.25, 0.3) is 0 Å². The molecule has 0 N–H and O–H groups in total. The van der Waals surface area contributed by atoms with Crippen LogP contribution < -0.4 is 0 Å². The van der Waals surface area contributed by atoms with Crippen molar-refractivity contribution in [3.8, 4) is 0 Å². The summed E-state index contributed by atoms with van der Waals surface area (Å²) in [5.74, 6) is -1.43. The van der Waals surface area contributed by atoms with Gasteiger partial charge in [-0.1, -0.05) is 0 Å². The summed E-state index contributed by atoms with van der Waals surface area (Å²) in [7, 11) is 0. The summed E-state index contributed by atoms with van der Waals surface area (Å²) < 4.78 is 42.7. The number of halogens is 3. The van der Waals surface area contributed by atoms with Crippen LogP contribution in [-0.2, 0) is 4.74 Å². The highest BCUT2D eigenvalue weighted by atomic mass is 19.4. The third kappa shape index (κ3) is 4.44. The average molecular weight is 253 g/mol. The van der Waals surface area contributed by atoms with Crippen LogP contribution in [0.15, 0.2) is 0 Å². The summed E-state index contributed by atoms with van der Waals surface area (Å²) in [4.78, 5) is 12.8. The first-order chi connectivity index (χ1) is 7.59. The van der Waals surface area contributed by atoms with E-state index in [1.54, 1.807) is 20.8 Å². The van der Waals surface area contributed by atoms with Gasteiger partial charge in [-0.15, -0.1) is 0 Å². The molecule has 6 heteroatoms. The Morgan fingerprint density at radius 3 is 2.35 bits per heavy atom. The number of nitrogens with zero attached hydrogens (tertiary/aromatic N) is 1. The molecule has 0 aromatic carbocycles. The quantitative estimate of drug-likeness (QED) is 0.663. The molecule has 3 nitrogen and oxygen atoms in total. The number of alkyl halides is 3. The van der Waals surface area contributed by atoms with Gasteiger partial charge in [0.15, 0.2) is 0 Å². The highest BCUT2D eigenvalue weighted by molar-refractivity contribution is 5.68. The predicted octanol–water partition coefficient (Wildman–Crippen LogP) is 3.20. The molecule has 1 saturated heterocycles. The van der Waals surface area contributed by atoms with Crippen molar-refractivity contribution in [1.29, 1.82) is 0 Å². The van der Waals surface area contributed by atoms with Crippen LogP contribution in [0, 0.1) is 5.92 Å². The van der Waals surface area contributed by atoms with E-state index in [1.807, 2.05) is 0 Å². The Morgan fingerprint density at radius 1 is 1.29 bits per heavy atom. The second-order valence-corrected chi connectivity index (χ2v) is 5.31. The molecular formula is C11H18F3NO2. The number of carbonyl (C=O) groups excluding carboxylic acids is 1. The van der Waals surface area contributed by atoms with Crippen molar-refractivity contribution in [3.05, 3.63) is 0 Å². The summed E-state index contributed by atoms with van der Waals surface area (Å²) in [5, 5.41) is 0. The van der Waals surface area contributed by atoms with Gasteiger partial charge in [0.25, 0.3) is 0 Å². The van der Waals surface area contributed by atoms with Gasteiger partial charge in [0.2, 0.25) is 0 Å². The van der Waals surface area contributed by atoms with Crippen molar-refractivity contribution in [2.75, 3.05) is 13.1 Å². The minimum atomic E-state index is -4.24. The van der Waals surface area contributed by atoms with Crippen molar-refractivity contribution in [2.24, 2.45) is 5.92 Å². The highest BCUT2D eigenvalue weighted by Gasteiger charge is 2.43. The first kappa shape index (κ1) is 14.1. The lowest BCUT2D eigenvalue weighted by Crippen LogP contribution is -2.46. The minimum Gasteiger partial charge on any atom is -0.444 e. The zero-order chi connectivity index (χ0) is 13.3. The molecule has 0 saturated carbocycles. The van der Waals surface area contributed by atoms with Crippen molar-refractivity contribution >= 4 is 6.09 Å². The smallest absolute Gasteiger partial charge is 0.410 e. The minimum absolute atomic E-state index is 0.0861. The number of rotatable bonds is 0. The van der Waals surface area contributed by atoms with E-state index >= 15 is 0 Å². The van der Waals surface area contributed by atoms with E-state index in [0.29, 0.717) is 13.0 Å². The molecule has 0 unspecified atom stereocenters. The highest BCUT2D eigenvalue weighted by Crippen LogP contribution is 2.33. The predicted molar refractivity (Wildman–Crippen MR) is 56.6 cm³/mol. The van der Waals surface area contributed by atoms with Crippen LogP contribution in [0.2, 0.25) is 0 Å². The Kier molecular flexibility index (Phi) is 3.94. The van der Waals surface area contributed by atoms with Crippen LogP contribution in [0.5, 0.6) is 0 Å². The summed E-state index contributed by atoms with van der Waals surface area (Å²) in [6.45, 7) is 5.11. The van der Waals surface area contributed by atoms with Crippen LogP contribution >= 0.6 is 0 Å². The fourth-order valence-electron chi connectivity index (χ4n) is 1.74. The molecule has 1 aliphatic rings. The number of piperidine rings is 1. The molecule has 1 atom stereocenters. The lowest BCUT2D eigenvalue weighted by Gasteiger charge is -2.34. The van der Waals surface area contributed by atoms with E-state index in [4.69, 9.17) is 4.74 Å². The Morgan fingerprint density at radius 2 is 1.88 bits per heavy atom. The van der Waals surface area contributed by atoms with Crippen LogP contribution in [-0.4, -0.2) is 35.9 Å². The third-order valence-corrected chi connectivity index (χ3v) is 2.54. The lowest BCUT2D eigenvalue weighted by molar-refractivity contribution is -0.185. The number of hydrogen-bond acceptors (Lipinski definition) is 2. The van der Waals surface area contributed by atoms with Gasteiger partial charge in [0.1, 0.15) is 5.60 Å². The van der Waals surface area contributed by atoms with E-state index in [2.05, 4.69) is 0 Å². The third-order valence-electron chi connectivity index (χ3n) is 2.54. The number of carbonyl (C=O) groups is 1. The first-order valence-corrected chi connectivity index (χ1v) is 5.64. The number of ether oxygens (including phenoxy) is 1. The van der Waals surface area contributed by atoms with Crippen molar-refractivity contribution in [2.45, 2.75) is 45.4 Å². The van der Waals surface area contributed by atoms with E-state index in [-0.39, 0.29) is 13.0 Å². The van der Waals surface area contributed by atoms with Gasteiger partial charge in [-0.25, -0.2) is 4.79 Å². The normalized spacial score (nSPS) is 22.5. The van der Waals surface area contributed by atoms with Gasteiger partial charge >= 0.3 is 12.3 Å². The summed E-state index contributed by atoms with van der Waals surface area (Å²) >= 11 is 0. The fraction of sp³-hybridized carbons (Fsp3) is 0.909. The fourth-order valence-corrected chi connectivity index (χ4v) is 1.74. The summed E-state index contributed by atoms with van der Waals surface area (Å²) in [6, 6.07) is 0. The zero-order valence-corrected chi connectivity index (χ0v) is 10.3. The van der Waals surface area contributed by atoms with Crippen LogP contribution in [0.3, 0.4) is 0 Å². The zero-order valence-electron chi connectivity index (χ0n) is 10.3.